The summed E-state index contributed by atoms with van der Waals surface area (Å²) in [5.41, 5.74) is 0.516. The Balaban J connectivity index is 1.65. The number of piperidine rings is 1. The van der Waals surface area contributed by atoms with Crippen molar-refractivity contribution in [1.82, 2.24) is 10.2 Å². The highest BCUT2D eigenvalue weighted by Crippen LogP contribution is 2.42. The van der Waals surface area contributed by atoms with Gasteiger partial charge in [-0.25, -0.2) is 0 Å². The number of carbonyl (C=O) groups is 1. The van der Waals surface area contributed by atoms with Crippen LogP contribution in [-0.2, 0) is 4.79 Å². The Bertz CT molecular complexity index is 249. The minimum atomic E-state index is 0.301. The normalized spacial score (nSPS) is 23.2. The molecular weight excluding hydrogens is 212 g/mol. The third kappa shape index (κ3) is 3.21. The SMILES string of the molecule is CCC1(CNCC(=O)N2CCCCC2)CCC1. The molecule has 0 atom stereocenters. The van der Waals surface area contributed by atoms with Gasteiger partial charge in [0.25, 0.3) is 0 Å². The highest BCUT2D eigenvalue weighted by molar-refractivity contribution is 5.78. The predicted octanol–water partition coefficient (Wildman–Crippen LogP) is 2.17. The van der Waals surface area contributed by atoms with E-state index in [1.165, 1.54) is 44.9 Å². The van der Waals surface area contributed by atoms with Crippen molar-refractivity contribution in [2.75, 3.05) is 26.2 Å². The van der Waals surface area contributed by atoms with Crippen molar-refractivity contribution in [1.29, 1.82) is 0 Å². The maximum atomic E-state index is 11.9. The number of amides is 1. The molecule has 3 nitrogen and oxygen atoms in total. The van der Waals surface area contributed by atoms with Crippen molar-refractivity contribution >= 4 is 5.91 Å². The summed E-state index contributed by atoms with van der Waals surface area (Å²) >= 11 is 0. The summed E-state index contributed by atoms with van der Waals surface area (Å²) in [5, 5.41) is 3.38. The Morgan fingerprint density at radius 1 is 1.18 bits per heavy atom. The highest BCUT2D eigenvalue weighted by Gasteiger charge is 2.34. The van der Waals surface area contributed by atoms with Crippen LogP contribution < -0.4 is 5.32 Å². The molecule has 1 saturated carbocycles. The quantitative estimate of drug-likeness (QED) is 0.796. The van der Waals surface area contributed by atoms with Gasteiger partial charge in [-0.15, -0.1) is 0 Å². The van der Waals surface area contributed by atoms with Crippen molar-refractivity contribution in [3.63, 3.8) is 0 Å². The van der Waals surface area contributed by atoms with Crippen LogP contribution in [0.25, 0.3) is 0 Å². The van der Waals surface area contributed by atoms with Crippen molar-refractivity contribution in [2.24, 2.45) is 5.41 Å². The van der Waals surface area contributed by atoms with Crippen LogP contribution >= 0.6 is 0 Å². The van der Waals surface area contributed by atoms with Crippen LogP contribution in [0.5, 0.6) is 0 Å². The van der Waals surface area contributed by atoms with Crippen LogP contribution in [0.4, 0.5) is 0 Å². The van der Waals surface area contributed by atoms with E-state index in [9.17, 15) is 4.79 Å². The standard InChI is InChI=1S/C14H26N2O/c1-2-14(7-6-8-14)12-15-11-13(17)16-9-4-3-5-10-16/h15H,2-12H2,1H3. The van der Waals surface area contributed by atoms with Gasteiger partial charge < -0.3 is 10.2 Å². The fraction of sp³-hybridized carbons (Fsp3) is 0.929. The number of nitrogens with zero attached hydrogens (tertiary/aromatic N) is 1. The molecule has 1 aliphatic carbocycles. The van der Waals surface area contributed by atoms with E-state index in [1.807, 2.05) is 4.90 Å². The Kier molecular flexibility index (Phi) is 4.43. The Labute approximate surface area is 105 Å². The molecule has 0 spiro atoms. The summed E-state index contributed by atoms with van der Waals surface area (Å²) in [7, 11) is 0. The maximum Gasteiger partial charge on any atom is 0.236 e. The molecule has 0 aromatic rings. The van der Waals surface area contributed by atoms with E-state index < -0.39 is 0 Å². The van der Waals surface area contributed by atoms with Gasteiger partial charge in [0.2, 0.25) is 5.91 Å². The van der Waals surface area contributed by atoms with Gasteiger partial charge in [0, 0.05) is 19.6 Å². The zero-order valence-electron chi connectivity index (χ0n) is 11.1. The minimum Gasteiger partial charge on any atom is -0.342 e. The Hall–Kier alpha value is -0.570. The van der Waals surface area contributed by atoms with Crippen molar-refractivity contribution in [2.45, 2.75) is 51.9 Å². The fourth-order valence-corrected chi connectivity index (χ4v) is 3.02. The van der Waals surface area contributed by atoms with Gasteiger partial charge in [0.05, 0.1) is 6.54 Å². The largest absolute Gasteiger partial charge is 0.342 e. The van der Waals surface area contributed by atoms with Crippen LogP contribution in [0.15, 0.2) is 0 Å². The first-order chi connectivity index (χ1) is 8.26. The molecule has 1 aliphatic heterocycles. The monoisotopic (exact) mass is 238 g/mol. The van der Waals surface area contributed by atoms with E-state index in [0.717, 1.165) is 19.6 Å². The molecule has 17 heavy (non-hydrogen) atoms. The molecule has 2 fully saturated rings. The lowest BCUT2D eigenvalue weighted by Gasteiger charge is -2.41. The average molecular weight is 238 g/mol. The second-order valence-electron chi connectivity index (χ2n) is 5.75. The van der Waals surface area contributed by atoms with E-state index in [1.54, 1.807) is 0 Å². The van der Waals surface area contributed by atoms with Crippen LogP contribution in [0.3, 0.4) is 0 Å². The molecular formula is C14H26N2O. The van der Waals surface area contributed by atoms with Gasteiger partial charge in [-0.05, 0) is 43.9 Å². The average Bonchev–Trinajstić information content (AvgIpc) is 2.33. The molecule has 98 valence electrons. The van der Waals surface area contributed by atoms with E-state index in [0.29, 0.717) is 17.9 Å². The molecule has 0 aromatic heterocycles. The van der Waals surface area contributed by atoms with Crippen LogP contribution in [0.1, 0.15) is 51.9 Å². The zero-order chi connectivity index (χ0) is 12.1. The van der Waals surface area contributed by atoms with Crippen LogP contribution in [0, 0.1) is 5.41 Å². The lowest BCUT2D eigenvalue weighted by atomic mass is 9.67. The summed E-state index contributed by atoms with van der Waals surface area (Å²) < 4.78 is 0. The summed E-state index contributed by atoms with van der Waals surface area (Å²) in [5.74, 6) is 0.301. The lowest BCUT2D eigenvalue weighted by molar-refractivity contribution is -0.131. The summed E-state index contributed by atoms with van der Waals surface area (Å²) in [6.45, 7) is 5.79. The molecule has 0 bridgehead atoms. The molecule has 2 aliphatic rings. The molecule has 1 amide bonds. The third-order valence-electron chi connectivity index (χ3n) is 4.65. The third-order valence-corrected chi connectivity index (χ3v) is 4.65. The lowest BCUT2D eigenvalue weighted by Crippen LogP contribution is -2.45. The number of carbonyl (C=O) groups excluding carboxylic acids is 1. The van der Waals surface area contributed by atoms with Crippen molar-refractivity contribution in [3.8, 4) is 0 Å². The van der Waals surface area contributed by atoms with Crippen molar-refractivity contribution in [3.05, 3.63) is 0 Å². The molecule has 0 unspecified atom stereocenters. The van der Waals surface area contributed by atoms with Crippen LogP contribution in [-0.4, -0.2) is 37.0 Å². The zero-order valence-corrected chi connectivity index (χ0v) is 11.1. The Morgan fingerprint density at radius 3 is 2.41 bits per heavy atom. The minimum absolute atomic E-state index is 0.301. The first-order valence-corrected chi connectivity index (χ1v) is 7.24. The van der Waals surface area contributed by atoms with Gasteiger partial charge in [0.15, 0.2) is 0 Å². The predicted molar refractivity (Wildman–Crippen MR) is 69.9 cm³/mol. The number of hydrogen-bond donors (Lipinski definition) is 1. The number of hydrogen-bond acceptors (Lipinski definition) is 2. The van der Waals surface area contributed by atoms with Gasteiger partial charge in [-0.1, -0.05) is 13.3 Å². The van der Waals surface area contributed by atoms with Gasteiger partial charge in [-0.3, -0.25) is 4.79 Å². The number of rotatable bonds is 5. The van der Waals surface area contributed by atoms with Crippen molar-refractivity contribution < 1.29 is 4.79 Å². The van der Waals surface area contributed by atoms with E-state index >= 15 is 0 Å². The van der Waals surface area contributed by atoms with Gasteiger partial charge in [0.1, 0.15) is 0 Å². The van der Waals surface area contributed by atoms with E-state index in [2.05, 4.69) is 12.2 Å². The topological polar surface area (TPSA) is 32.3 Å². The second kappa shape index (κ2) is 5.85. The summed E-state index contributed by atoms with van der Waals surface area (Å²) in [6, 6.07) is 0. The van der Waals surface area contributed by atoms with Crippen LogP contribution in [0.2, 0.25) is 0 Å². The maximum absolute atomic E-state index is 11.9. The highest BCUT2D eigenvalue weighted by atomic mass is 16.2. The fourth-order valence-electron chi connectivity index (χ4n) is 3.02. The molecule has 0 radical (unpaired) electrons. The first kappa shape index (κ1) is 12.9. The molecule has 1 heterocycles. The molecule has 3 heteroatoms. The summed E-state index contributed by atoms with van der Waals surface area (Å²) in [6.07, 6.45) is 8.96. The first-order valence-electron chi connectivity index (χ1n) is 7.24. The van der Waals surface area contributed by atoms with E-state index in [4.69, 9.17) is 0 Å². The number of nitrogens with one attached hydrogen (secondary N) is 1. The summed E-state index contributed by atoms with van der Waals surface area (Å²) in [4.78, 5) is 14.0. The van der Waals surface area contributed by atoms with Gasteiger partial charge in [-0.2, -0.15) is 0 Å². The molecule has 0 aromatic carbocycles. The number of likely N-dealkylation sites (tertiary alicyclic amines) is 1. The Morgan fingerprint density at radius 2 is 1.88 bits per heavy atom. The van der Waals surface area contributed by atoms with Gasteiger partial charge >= 0.3 is 0 Å². The molecule has 1 N–H and O–H groups in total. The van der Waals surface area contributed by atoms with E-state index in [-0.39, 0.29) is 0 Å². The second-order valence-corrected chi connectivity index (χ2v) is 5.75. The smallest absolute Gasteiger partial charge is 0.236 e. The molecule has 2 rings (SSSR count). The molecule has 1 saturated heterocycles.